The van der Waals surface area contributed by atoms with Gasteiger partial charge in [0.1, 0.15) is 10.6 Å². The number of sulfonamides is 1. The van der Waals surface area contributed by atoms with E-state index in [0.29, 0.717) is 16.1 Å². The lowest BCUT2D eigenvalue weighted by Crippen LogP contribution is -2.31. The molecule has 0 aliphatic heterocycles. The Hall–Kier alpha value is -3.64. The van der Waals surface area contributed by atoms with Crippen LogP contribution >= 0.6 is 23.2 Å². The summed E-state index contributed by atoms with van der Waals surface area (Å²) in [5.74, 6) is -2.94. The van der Waals surface area contributed by atoms with Gasteiger partial charge in [-0.2, -0.15) is 4.31 Å². The summed E-state index contributed by atoms with van der Waals surface area (Å²) in [6, 6.07) is 15.1. The Labute approximate surface area is 235 Å². The van der Waals surface area contributed by atoms with Crippen molar-refractivity contribution < 1.29 is 37.0 Å². The highest BCUT2D eigenvalue weighted by atomic mass is 35.5. The average Bonchev–Trinajstić information content (AvgIpc) is 2.94. The third-order valence-electron chi connectivity index (χ3n) is 5.50. The second kappa shape index (κ2) is 12.9. The van der Waals surface area contributed by atoms with E-state index in [1.165, 1.54) is 41.7 Å². The minimum Gasteiger partial charge on any atom is -0.495 e. The minimum absolute atomic E-state index is 0.0235. The summed E-state index contributed by atoms with van der Waals surface area (Å²) in [4.78, 5) is 36.0. The molecule has 1 amide bonds. The van der Waals surface area contributed by atoms with Gasteiger partial charge in [-0.1, -0.05) is 47.5 Å². The van der Waals surface area contributed by atoms with Crippen LogP contribution in [0, 0.1) is 0 Å². The second-order valence-electron chi connectivity index (χ2n) is 7.99. The third-order valence-corrected chi connectivity index (χ3v) is 8.07. The molecule has 206 valence electrons. The molecule has 10 nitrogen and oxygen atoms in total. The molecule has 0 aromatic heterocycles. The first kappa shape index (κ1) is 29.9. The van der Waals surface area contributed by atoms with Crippen molar-refractivity contribution >= 4 is 56.8 Å². The number of para-hydroxylation sites is 1. The standard InChI is InChI=1S/C26H24Cl2N2O8S/c1-36-22-6-4-5-7-23(22)39(34,35)30(15-17-8-10-19(27)20(28)13-17)14-16-9-11-21(18(12-16)25(32)37-2)29-24(31)26(33)38-3/h4-13H,14-15H2,1-3H3,(H,29,31). The number of amides is 1. The van der Waals surface area contributed by atoms with Crippen molar-refractivity contribution in [2.45, 2.75) is 18.0 Å². The van der Waals surface area contributed by atoms with Crippen molar-refractivity contribution in [3.63, 3.8) is 0 Å². The Morgan fingerprint density at radius 1 is 0.846 bits per heavy atom. The van der Waals surface area contributed by atoms with Crippen molar-refractivity contribution in [2.75, 3.05) is 26.6 Å². The molecule has 0 bridgehead atoms. The third kappa shape index (κ3) is 7.07. The van der Waals surface area contributed by atoms with Gasteiger partial charge < -0.3 is 19.5 Å². The van der Waals surface area contributed by atoms with Gasteiger partial charge in [-0.3, -0.25) is 4.79 Å². The number of carbonyl (C=O) groups excluding carboxylic acids is 3. The monoisotopic (exact) mass is 594 g/mol. The lowest BCUT2D eigenvalue weighted by molar-refractivity contribution is -0.150. The Balaban J connectivity index is 2.07. The van der Waals surface area contributed by atoms with E-state index in [4.69, 9.17) is 32.7 Å². The van der Waals surface area contributed by atoms with Gasteiger partial charge in [0.25, 0.3) is 0 Å². The molecule has 0 aliphatic carbocycles. The normalized spacial score (nSPS) is 11.1. The van der Waals surface area contributed by atoms with E-state index in [2.05, 4.69) is 10.1 Å². The van der Waals surface area contributed by atoms with Crippen LogP contribution in [0.4, 0.5) is 5.69 Å². The van der Waals surface area contributed by atoms with Gasteiger partial charge in [0.15, 0.2) is 0 Å². The number of ether oxygens (including phenoxy) is 3. The van der Waals surface area contributed by atoms with Crippen LogP contribution in [0.2, 0.25) is 10.0 Å². The van der Waals surface area contributed by atoms with Crippen LogP contribution in [-0.2, 0) is 42.2 Å². The van der Waals surface area contributed by atoms with Gasteiger partial charge in [-0.05, 0) is 47.5 Å². The van der Waals surface area contributed by atoms with Crippen molar-refractivity contribution in [1.29, 1.82) is 0 Å². The van der Waals surface area contributed by atoms with Crippen LogP contribution in [0.25, 0.3) is 0 Å². The Kier molecular flexibility index (Phi) is 9.92. The number of hydrogen-bond donors (Lipinski definition) is 1. The Morgan fingerprint density at radius 2 is 1.49 bits per heavy atom. The van der Waals surface area contributed by atoms with Crippen molar-refractivity contribution in [3.05, 3.63) is 87.4 Å². The number of carbonyl (C=O) groups is 3. The molecule has 0 spiro atoms. The fourth-order valence-electron chi connectivity index (χ4n) is 3.59. The van der Waals surface area contributed by atoms with E-state index in [1.54, 1.807) is 30.3 Å². The maximum Gasteiger partial charge on any atom is 0.396 e. The molecular formula is C26H24Cl2N2O8S. The minimum atomic E-state index is -4.16. The van der Waals surface area contributed by atoms with Crippen LogP contribution < -0.4 is 10.1 Å². The first-order chi connectivity index (χ1) is 18.5. The lowest BCUT2D eigenvalue weighted by atomic mass is 10.1. The molecule has 13 heteroatoms. The zero-order valence-corrected chi connectivity index (χ0v) is 23.4. The predicted octanol–water partition coefficient (Wildman–Crippen LogP) is 4.29. The molecule has 0 saturated carbocycles. The summed E-state index contributed by atoms with van der Waals surface area (Å²) in [5.41, 5.74) is 0.809. The fraction of sp³-hybridized carbons (Fsp3) is 0.192. The van der Waals surface area contributed by atoms with E-state index in [1.807, 2.05) is 0 Å². The van der Waals surface area contributed by atoms with Gasteiger partial charge in [0, 0.05) is 13.1 Å². The summed E-state index contributed by atoms with van der Waals surface area (Å²) in [6.45, 7) is -0.304. The largest absolute Gasteiger partial charge is 0.495 e. The maximum atomic E-state index is 13.9. The molecule has 3 aromatic carbocycles. The SMILES string of the molecule is COC(=O)C(=O)Nc1ccc(CN(Cc2ccc(Cl)c(Cl)c2)S(=O)(=O)c2ccccc2OC)cc1C(=O)OC. The molecule has 39 heavy (non-hydrogen) atoms. The van der Waals surface area contributed by atoms with Crippen molar-refractivity contribution in [2.24, 2.45) is 0 Å². The van der Waals surface area contributed by atoms with Gasteiger partial charge in [0.2, 0.25) is 10.0 Å². The summed E-state index contributed by atoms with van der Waals surface area (Å²) in [6.07, 6.45) is 0. The van der Waals surface area contributed by atoms with Crippen molar-refractivity contribution in [1.82, 2.24) is 4.31 Å². The molecule has 3 rings (SSSR count). The van der Waals surface area contributed by atoms with E-state index >= 15 is 0 Å². The zero-order valence-electron chi connectivity index (χ0n) is 21.1. The summed E-state index contributed by atoms with van der Waals surface area (Å²) >= 11 is 12.2. The number of halogens is 2. The van der Waals surface area contributed by atoms with E-state index in [0.717, 1.165) is 14.2 Å². The number of hydrogen-bond acceptors (Lipinski definition) is 8. The first-order valence-corrected chi connectivity index (χ1v) is 13.4. The predicted molar refractivity (Wildman–Crippen MR) is 144 cm³/mol. The van der Waals surface area contributed by atoms with E-state index < -0.39 is 27.9 Å². The number of methoxy groups -OCH3 is 3. The quantitative estimate of drug-likeness (QED) is 0.287. The van der Waals surface area contributed by atoms with Crippen LogP contribution in [0.5, 0.6) is 5.75 Å². The number of esters is 2. The average molecular weight is 595 g/mol. The van der Waals surface area contributed by atoms with Crippen LogP contribution in [0.1, 0.15) is 21.5 Å². The second-order valence-corrected chi connectivity index (χ2v) is 10.7. The Morgan fingerprint density at radius 3 is 2.10 bits per heavy atom. The molecule has 0 aliphatic rings. The first-order valence-electron chi connectivity index (χ1n) is 11.2. The topological polar surface area (TPSA) is 128 Å². The number of anilines is 1. The van der Waals surface area contributed by atoms with Gasteiger partial charge in [-0.25, -0.2) is 18.0 Å². The summed E-state index contributed by atoms with van der Waals surface area (Å²) < 4.78 is 43.4. The van der Waals surface area contributed by atoms with Gasteiger partial charge in [-0.15, -0.1) is 0 Å². The number of rotatable bonds is 9. The summed E-state index contributed by atoms with van der Waals surface area (Å²) in [7, 11) is -0.617. The molecule has 1 N–H and O–H groups in total. The van der Waals surface area contributed by atoms with Crippen LogP contribution in [0.3, 0.4) is 0 Å². The molecule has 0 saturated heterocycles. The van der Waals surface area contributed by atoms with Crippen LogP contribution in [0.15, 0.2) is 65.6 Å². The van der Waals surface area contributed by atoms with Crippen molar-refractivity contribution in [3.8, 4) is 5.75 Å². The van der Waals surface area contributed by atoms with Gasteiger partial charge in [0.05, 0.1) is 42.6 Å². The maximum absolute atomic E-state index is 13.9. The van der Waals surface area contributed by atoms with Crippen LogP contribution in [-0.4, -0.2) is 51.9 Å². The lowest BCUT2D eigenvalue weighted by Gasteiger charge is -2.24. The highest BCUT2D eigenvalue weighted by Gasteiger charge is 2.29. The summed E-state index contributed by atoms with van der Waals surface area (Å²) in [5, 5.41) is 2.85. The smallest absolute Gasteiger partial charge is 0.396 e. The molecule has 0 fully saturated rings. The number of nitrogens with one attached hydrogen (secondary N) is 1. The molecule has 0 unspecified atom stereocenters. The fourth-order valence-corrected chi connectivity index (χ4v) is 5.48. The number of nitrogens with zero attached hydrogens (tertiary/aromatic N) is 1. The molecule has 0 heterocycles. The highest BCUT2D eigenvalue weighted by Crippen LogP contribution is 2.31. The van der Waals surface area contributed by atoms with Gasteiger partial charge >= 0.3 is 17.8 Å². The highest BCUT2D eigenvalue weighted by molar-refractivity contribution is 7.89. The zero-order chi connectivity index (χ0) is 28.7. The number of benzene rings is 3. The molecule has 0 atom stereocenters. The molecular weight excluding hydrogens is 571 g/mol. The van der Waals surface area contributed by atoms with E-state index in [9.17, 15) is 22.8 Å². The molecule has 0 radical (unpaired) electrons. The van der Waals surface area contributed by atoms with E-state index in [-0.39, 0.29) is 40.0 Å². The molecule has 3 aromatic rings. The Bertz CT molecular complexity index is 1510.